The first kappa shape index (κ1) is 52.9. The lowest BCUT2D eigenvalue weighted by atomic mass is 10.0. The number of aromatic amines is 2. The highest BCUT2D eigenvalue weighted by molar-refractivity contribution is 9.10. The van der Waals surface area contributed by atoms with Gasteiger partial charge in [0.05, 0.1) is 70.3 Å². The average molecular weight is 1070 g/mol. The standard InChI is InChI=1S/C23H26F2N4O4S.C17H14BrF2N3O3S.C6H13NO/c1-4-7-34(31,32)28-19-6-5-18(24)20(21(19)25)22(30)17-10-27-23-16(17)8-15(9-26-23)29-11-13(2)33-14(3)12-29;1-2-5-27(25,26)23-13-4-3-12(19)14(15(13)20)16(24)11-8-22-17-10(11)6-9(18)7-21-17;1-5-3-7-4-6(2)8-5/h5-6,8-10,13-14,28H,4,7,11-12H2,1-3H3,(H,26,27);3-4,6-8,23H,2,5H2,1H3,(H,21,22);5-7H,3-4H2,1-2H3. The quantitative estimate of drug-likeness (QED) is 0.0546. The Kier molecular flexibility index (Phi) is 17.3. The lowest BCUT2D eigenvalue weighted by molar-refractivity contribution is -0.0166. The summed E-state index contributed by atoms with van der Waals surface area (Å²) < 4.78 is 123. The highest BCUT2D eigenvalue weighted by Crippen LogP contribution is 2.31. The first-order chi connectivity index (χ1) is 32.6. The molecule has 5 N–H and O–H groups in total. The van der Waals surface area contributed by atoms with Crippen molar-refractivity contribution in [3.8, 4) is 0 Å². The molecule has 2 aliphatic heterocycles. The van der Waals surface area contributed by atoms with Crippen LogP contribution in [0.4, 0.5) is 34.6 Å². The fourth-order valence-electron chi connectivity index (χ4n) is 7.81. The molecule has 4 atom stereocenters. The highest BCUT2D eigenvalue weighted by Gasteiger charge is 2.29. The van der Waals surface area contributed by atoms with E-state index in [0.717, 1.165) is 43.0 Å². The van der Waals surface area contributed by atoms with Crippen LogP contribution in [0.5, 0.6) is 0 Å². The smallest absolute Gasteiger partial charge is 0.232 e. The number of anilines is 3. The number of hydrogen-bond donors (Lipinski definition) is 5. The normalized spacial score (nSPS) is 18.5. The first-order valence-corrected chi connectivity index (χ1v) is 26.1. The number of ketones is 2. The maximum absolute atomic E-state index is 15.2. The van der Waals surface area contributed by atoms with E-state index >= 15 is 4.39 Å². The van der Waals surface area contributed by atoms with Crippen LogP contribution in [0.2, 0.25) is 0 Å². The van der Waals surface area contributed by atoms with Crippen molar-refractivity contribution in [1.82, 2.24) is 25.3 Å². The largest absolute Gasteiger partial charge is 0.373 e. The molecule has 0 aliphatic carbocycles. The van der Waals surface area contributed by atoms with Crippen molar-refractivity contribution in [2.24, 2.45) is 0 Å². The van der Waals surface area contributed by atoms with Crippen LogP contribution in [-0.2, 0) is 29.5 Å². The molecule has 372 valence electrons. The molecule has 0 amide bonds. The number of ether oxygens (including phenoxy) is 2. The van der Waals surface area contributed by atoms with Crippen molar-refractivity contribution in [1.29, 1.82) is 0 Å². The van der Waals surface area contributed by atoms with Gasteiger partial charge in [-0.05, 0) is 92.9 Å². The molecule has 16 nitrogen and oxygen atoms in total. The second kappa shape index (κ2) is 22.5. The Morgan fingerprint density at radius 1 is 0.696 bits per heavy atom. The summed E-state index contributed by atoms with van der Waals surface area (Å²) >= 11 is 3.23. The minimum Gasteiger partial charge on any atom is -0.373 e. The number of rotatable bonds is 13. The minimum atomic E-state index is -3.83. The first-order valence-electron chi connectivity index (χ1n) is 22.0. The van der Waals surface area contributed by atoms with Crippen LogP contribution in [0.3, 0.4) is 0 Å². The van der Waals surface area contributed by atoms with Crippen LogP contribution in [0.15, 0.2) is 65.7 Å². The summed E-state index contributed by atoms with van der Waals surface area (Å²) in [5.74, 6) is -7.01. The van der Waals surface area contributed by atoms with E-state index in [1.54, 1.807) is 32.2 Å². The van der Waals surface area contributed by atoms with E-state index in [1.165, 1.54) is 18.6 Å². The van der Waals surface area contributed by atoms with Crippen molar-refractivity contribution >= 4 is 86.7 Å². The highest BCUT2D eigenvalue weighted by atomic mass is 79.9. The third-order valence-electron chi connectivity index (χ3n) is 10.7. The van der Waals surface area contributed by atoms with E-state index in [2.05, 4.69) is 69.4 Å². The van der Waals surface area contributed by atoms with Crippen LogP contribution in [0.25, 0.3) is 22.1 Å². The van der Waals surface area contributed by atoms with Gasteiger partial charge in [-0.25, -0.2) is 44.4 Å². The Morgan fingerprint density at radius 3 is 1.57 bits per heavy atom. The molecular formula is C46H53BrF4N8O8S2. The Morgan fingerprint density at radius 2 is 1.13 bits per heavy atom. The number of halogens is 5. The van der Waals surface area contributed by atoms with Gasteiger partial charge in [0.25, 0.3) is 0 Å². The number of carbonyl (C=O) groups excluding carboxylic acids is 2. The molecule has 2 saturated heterocycles. The molecule has 2 aliphatic rings. The maximum Gasteiger partial charge on any atom is 0.232 e. The summed E-state index contributed by atoms with van der Waals surface area (Å²) in [6.45, 7) is 14.7. The zero-order chi connectivity index (χ0) is 50.4. The van der Waals surface area contributed by atoms with E-state index in [9.17, 15) is 39.6 Å². The summed E-state index contributed by atoms with van der Waals surface area (Å²) in [5, 5.41) is 4.05. The molecule has 4 aromatic heterocycles. The Hall–Kier alpha value is -5.46. The van der Waals surface area contributed by atoms with Gasteiger partial charge in [-0.15, -0.1) is 0 Å². The van der Waals surface area contributed by atoms with E-state index in [0.29, 0.717) is 64.7 Å². The fraction of sp³-hybridized carbons (Fsp3) is 0.391. The number of morpholine rings is 2. The number of carbonyl (C=O) groups is 2. The number of aromatic nitrogens is 4. The zero-order valence-electron chi connectivity index (χ0n) is 38.6. The van der Waals surface area contributed by atoms with Gasteiger partial charge in [0, 0.05) is 71.1 Å². The third kappa shape index (κ3) is 13.0. The van der Waals surface area contributed by atoms with Gasteiger partial charge in [-0.1, -0.05) is 13.8 Å². The second-order valence-electron chi connectivity index (χ2n) is 16.7. The Labute approximate surface area is 405 Å². The molecule has 4 unspecified atom stereocenters. The van der Waals surface area contributed by atoms with Gasteiger partial charge in [-0.2, -0.15) is 0 Å². The van der Waals surface area contributed by atoms with E-state index < -0.39 is 77.4 Å². The number of sulfonamides is 2. The lowest BCUT2D eigenvalue weighted by Gasteiger charge is -2.36. The fourth-order valence-corrected chi connectivity index (χ4v) is 10.4. The molecular weight excluding hydrogens is 1010 g/mol. The van der Waals surface area contributed by atoms with E-state index in [-0.39, 0.29) is 34.8 Å². The van der Waals surface area contributed by atoms with E-state index in [4.69, 9.17) is 9.47 Å². The molecule has 0 spiro atoms. The van der Waals surface area contributed by atoms with Crippen molar-refractivity contribution < 1.29 is 53.5 Å². The third-order valence-corrected chi connectivity index (χ3v) is 14.1. The summed E-state index contributed by atoms with van der Waals surface area (Å²) in [5.41, 5.74) is -1.06. The maximum atomic E-state index is 15.2. The summed E-state index contributed by atoms with van der Waals surface area (Å²) in [4.78, 5) is 42.2. The van der Waals surface area contributed by atoms with Crippen molar-refractivity contribution in [2.45, 2.75) is 78.8 Å². The molecule has 8 rings (SSSR count). The molecule has 23 heteroatoms. The average Bonchev–Trinajstić information content (AvgIpc) is 3.90. The summed E-state index contributed by atoms with van der Waals surface area (Å²) in [6.07, 6.45) is 7.29. The summed E-state index contributed by atoms with van der Waals surface area (Å²) in [6, 6.07) is 6.97. The molecule has 2 aromatic carbocycles. The molecule has 0 radical (unpaired) electrons. The van der Waals surface area contributed by atoms with Crippen molar-refractivity contribution in [3.05, 3.63) is 111 Å². The molecule has 6 aromatic rings. The molecule has 2 fully saturated rings. The van der Waals surface area contributed by atoms with Gasteiger partial charge in [-0.3, -0.25) is 19.0 Å². The molecule has 0 saturated carbocycles. The SMILES string of the molecule is CC1CNCC(C)O1.CCCS(=O)(=O)Nc1ccc(F)c(C(=O)c2c[nH]c3ncc(Br)cc23)c1F.CCCS(=O)(=O)Nc1ccc(F)c(C(=O)c2c[nH]c3ncc(N4CC(C)OC(C)C4)cc23)c1F. The number of nitrogens with one attached hydrogen (secondary N) is 5. The number of benzene rings is 2. The number of pyridine rings is 2. The molecule has 69 heavy (non-hydrogen) atoms. The number of H-pyrrole nitrogens is 2. The molecule has 6 heterocycles. The lowest BCUT2D eigenvalue weighted by Crippen LogP contribution is -2.45. The van der Waals surface area contributed by atoms with Crippen LogP contribution >= 0.6 is 15.9 Å². The van der Waals surface area contributed by atoms with Crippen molar-refractivity contribution in [2.75, 3.05) is 52.0 Å². The number of hydrogen-bond acceptors (Lipinski definition) is 12. The zero-order valence-corrected chi connectivity index (χ0v) is 41.8. The number of fused-ring (bicyclic) bond motifs is 2. The van der Waals surface area contributed by atoms with Gasteiger partial charge in [0.15, 0.2) is 11.6 Å². The second-order valence-corrected chi connectivity index (χ2v) is 21.3. The van der Waals surface area contributed by atoms with Crippen LogP contribution in [-0.4, -0.2) is 110 Å². The Bertz CT molecular complexity index is 3050. The Balaban J connectivity index is 0.000000199. The van der Waals surface area contributed by atoms with Gasteiger partial charge in [0.1, 0.15) is 22.9 Å². The van der Waals surface area contributed by atoms with E-state index in [1.807, 2.05) is 13.8 Å². The predicted octanol–water partition coefficient (Wildman–Crippen LogP) is 8.21. The van der Waals surface area contributed by atoms with Gasteiger partial charge < -0.3 is 29.7 Å². The topological polar surface area (TPSA) is 218 Å². The van der Waals surface area contributed by atoms with Crippen LogP contribution in [0, 0.1) is 23.3 Å². The summed E-state index contributed by atoms with van der Waals surface area (Å²) in [7, 11) is -7.64. The van der Waals surface area contributed by atoms with Gasteiger partial charge >= 0.3 is 0 Å². The monoisotopic (exact) mass is 1060 g/mol. The van der Waals surface area contributed by atoms with Gasteiger partial charge in [0.2, 0.25) is 31.6 Å². The molecule has 0 bridgehead atoms. The van der Waals surface area contributed by atoms with Crippen molar-refractivity contribution in [3.63, 3.8) is 0 Å². The van der Waals surface area contributed by atoms with Crippen LogP contribution in [0.1, 0.15) is 86.2 Å². The predicted molar refractivity (Wildman–Crippen MR) is 260 cm³/mol. The number of nitrogens with zero attached hydrogens (tertiary/aromatic N) is 3. The van der Waals surface area contributed by atoms with Crippen LogP contribution < -0.4 is 19.7 Å². The minimum absolute atomic E-state index is 0.00851.